The standard InChI is InChI=1S/C26H34N4O2/c1-29-14-8-11-21-17-22(12-13-23(21)29)24(30-15-6-3-7-16-30)19-28-26(32)25(31)27-18-20-9-4-2-5-10-20/h2,4-5,9-10,12-13,17,24H,3,6-8,11,14-16,18-19H2,1H3,(H,27,31)(H,28,32)/t24-/m1/s1. The lowest BCUT2D eigenvalue weighted by molar-refractivity contribution is -0.139. The van der Waals surface area contributed by atoms with Gasteiger partial charge < -0.3 is 15.5 Å². The molecule has 4 rings (SSSR count). The summed E-state index contributed by atoms with van der Waals surface area (Å²) < 4.78 is 0. The third kappa shape index (κ3) is 5.49. The Morgan fingerprint density at radius 1 is 0.906 bits per heavy atom. The summed E-state index contributed by atoms with van der Waals surface area (Å²) in [6.07, 6.45) is 5.87. The van der Waals surface area contributed by atoms with Crippen molar-refractivity contribution < 1.29 is 9.59 Å². The van der Waals surface area contributed by atoms with E-state index in [9.17, 15) is 9.59 Å². The maximum atomic E-state index is 12.5. The highest BCUT2D eigenvalue weighted by atomic mass is 16.2. The van der Waals surface area contributed by atoms with Crippen LogP contribution in [0.1, 0.15) is 48.4 Å². The largest absolute Gasteiger partial charge is 0.374 e. The number of rotatable bonds is 6. The van der Waals surface area contributed by atoms with Crippen LogP contribution in [0.5, 0.6) is 0 Å². The van der Waals surface area contributed by atoms with Gasteiger partial charge >= 0.3 is 11.8 Å². The van der Waals surface area contributed by atoms with Crippen LogP contribution in [0.4, 0.5) is 5.69 Å². The molecule has 1 atom stereocenters. The number of nitrogens with zero attached hydrogens (tertiary/aromatic N) is 2. The van der Waals surface area contributed by atoms with Crippen LogP contribution in [-0.4, -0.2) is 49.9 Å². The summed E-state index contributed by atoms with van der Waals surface area (Å²) in [5, 5.41) is 5.62. The molecule has 0 bridgehead atoms. The van der Waals surface area contributed by atoms with E-state index >= 15 is 0 Å². The van der Waals surface area contributed by atoms with Gasteiger partial charge in [0.1, 0.15) is 0 Å². The third-order valence-corrected chi connectivity index (χ3v) is 6.63. The second-order valence-corrected chi connectivity index (χ2v) is 8.90. The summed E-state index contributed by atoms with van der Waals surface area (Å²) in [6.45, 7) is 3.93. The molecule has 0 saturated carbocycles. The van der Waals surface area contributed by atoms with Gasteiger partial charge in [0.25, 0.3) is 0 Å². The smallest absolute Gasteiger partial charge is 0.309 e. The topological polar surface area (TPSA) is 64.7 Å². The molecule has 0 aliphatic carbocycles. The predicted molar refractivity (Wildman–Crippen MR) is 127 cm³/mol. The van der Waals surface area contributed by atoms with Crippen molar-refractivity contribution in [2.45, 2.75) is 44.7 Å². The van der Waals surface area contributed by atoms with Gasteiger partial charge in [-0.15, -0.1) is 0 Å². The number of piperidine rings is 1. The molecule has 0 unspecified atom stereocenters. The fourth-order valence-corrected chi connectivity index (χ4v) is 4.83. The Kier molecular flexibility index (Phi) is 7.43. The molecule has 1 fully saturated rings. The van der Waals surface area contributed by atoms with Gasteiger partial charge in [0.05, 0.1) is 6.04 Å². The highest BCUT2D eigenvalue weighted by Crippen LogP contribution is 2.31. The number of likely N-dealkylation sites (tertiary alicyclic amines) is 1. The van der Waals surface area contributed by atoms with E-state index in [1.165, 1.54) is 42.5 Å². The second-order valence-electron chi connectivity index (χ2n) is 8.90. The maximum absolute atomic E-state index is 12.5. The molecule has 2 aromatic rings. The Morgan fingerprint density at radius 3 is 2.44 bits per heavy atom. The summed E-state index contributed by atoms with van der Waals surface area (Å²) in [6, 6.07) is 16.4. The number of anilines is 1. The Balaban J connectivity index is 1.42. The summed E-state index contributed by atoms with van der Waals surface area (Å²) >= 11 is 0. The molecule has 0 radical (unpaired) electrons. The fraction of sp³-hybridized carbons (Fsp3) is 0.462. The average Bonchev–Trinajstić information content (AvgIpc) is 2.84. The van der Waals surface area contributed by atoms with Gasteiger partial charge in [-0.1, -0.05) is 48.9 Å². The molecule has 2 amide bonds. The van der Waals surface area contributed by atoms with Crippen molar-refractivity contribution in [2.75, 3.05) is 38.1 Å². The van der Waals surface area contributed by atoms with Gasteiger partial charge in [-0.2, -0.15) is 0 Å². The highest BCUT2D eigenvalue weighted by molar-refractivity contribution is 6.35. The lowest BCUT2D eigenvalue weighted by atomic mass is 9.95. The summed E-state index contributed by atoms with van der Waals surface area (Å²) in [7, 11) is 2.15. The van der Waals surface area contributed by atoms with E-state index in [-0.39, 0.29) is 6.04 Å². The average molecular weight is 435 g/mol. The lowest BCUT2D eigenvalue weighted by Crippen LogP contribution is -2.45. The minimum atomic E-state index is -0.585. The minimum Gasteiger partial charge on any atom is -0.374 e. The molecular weight excluding hydrogens is 400 g/mol. The SMILES string of the molecule is CN1CCCc2cc([C@@H](CNC(=O)C(=O)NCc3ccccc3)N3CCCCC3)ccc21. The molecule has 0 aromatic heterocycles. The van der Waals surface area contributed by atoms with Crippen molar-refractivity contribution in [1.82, 2.24) is 15.5 Å². The molecule has 170 valence electrons. The normalized spacial score (nSPS) is 17.3. The molecule has 2 N–H and O–H groups in total. The molecule has 2 aromatic carbocycles. The number of nitrogens with one attached hydrogen (secondary N) is 2. The first kappa shape index (κ1) is 22.3. The number of fused-ring (bicyclic) bond motifs is 1. The van der Waals surface area contributed by atoms with Gasteiger partial charge in [0.2, 0.25) is 0 Å². The van der Waals surface area contributed by atoms with Gasteiger partial charge in [-0.25, -0.2) is 0 Å². The Hall–Kier alpha value is -2.86. The van der Waals surface area contributed by atoms with Crippen molar-refractivity contribution in [3.05, 3.63) is 65.2 Å². The molecule has 0 spiro atoms. The number of carbonyl (C=O) groups is 2. The van der Waals surface area contributed by atoms with Crippen LogP contribution in [0, 0.1) is 0 Å². The number of hydrogen-bond acceptors (Lipinski definition) is 4. The Morgan fingerprint density at radius 2 is 1.66 bits per heavy atom. The number of amides is 2. The van der Waals surface area contributed by atoms with Crippen molar-refractivity contribution in [1.29, 1.82) is 0 Å². The van der Waals surface area contributed by atoms with Gasteiger partial charge in [0.15, 0.2) is 0 Å². The molecule has 32 heavy (non-hydrogen) atoms. The van der Waals surface area contributed by atoms with Crippen molar-refractivity contribution in [3.8, 4) is 0 Å². The molecule has 2 aliphatic rings. The van der Waals surface area contributed by atoms with Crippen LogP contribution in [0.2, 0.25) is 0 Å². The van der Waals surface area contributed by atoms with E-state index in [1.807, 2.05) is 30.3 Å². The van der Waals surface area contributed by atoms with E-state index in [1.54, 1.807) is 0 Å². The highest BCUT2D eigenvalue weighted by Gasteiger charge is 2.25. The molecule has 6 heteroatoms. The van der Waals surface area contributed by atoms with E-state index in [0.717, 1.165) is 31.6 Å². The molecular formula is C26H34N4O2. The Labute approximate surface area is 191 Å². The number of aryl methyl sites for hydroxylation is 1. The van der Waals surface area contributed by atoms with Gasteiger partial charge in [-0.05, 0) is 61.5 Å². The van der Waals surface area contributed by atoms with Gasteiger partial charge in [-0.3, -0.25) is 14.5 Å². The van der Waals surface area contributed by atoms with Crippen LogP contribution >= 0.6 is 0 Å². The van der Waals surface area contributed by atoms with Crippen molar-refractivity contribution >= 4 is 17.5 Å². The number of hydrogen-bond donors (Lipinski definition) is 2. The van der Waals surface area contributed by atoms with Crippen molar-refractivity contribution in [3.63, 3.8) is 0 Å². The summed E-state index contributed by atoms with van der Waals surface area (Å²) in [5.41, 5.74) is 4.89. The Bertz CT molecular complexity index is 925. The van der Waals surface area contributed by atoms with Crippen LogP contribution in [0.3, 0.4) is 0 Å². The van der Waals surface area contributed by atoms with Crippen LogP contribution in [0.25, 0.3) is 0 Å². The second kappa shape index (κ2) is 10.6. The molecule has 6 nitrogen and oxygen atoms in total. The minimum absolute atomic E-state index is 0.0821. The predicted octanol–water partition coefficient (Wildman–Crippen LogP) is 3.03. The lowest BCUT2D eigenvalue weighted by Gasteiger charge is -2.36. The van der Waals surface area contributed by atoms with Crippen LogP contribution in [-0.2, 0) is 22.6 Å². The first-order chi connectivity index (χ1) is 15.6. The zero-order chi connectivity index (χ0) is 22.3. The quantitative estimate of drug-likeness (QED) is 0.686. The first-order valence-corrected chi connectivity index (χ1v) is 11.8. The molecule has 2 heterocycles. The van der Waals surface area contributed by atoms with Crippen LogP contribution < -0.4 is 15.5 Å². The van der Waals surface area contributed by atoms with E-state index < -0.39 is 11.8 Å². The van der Waals surface area contributed by atoms with E-state index in [4.69, 9.17) is 0 Å². The maximum Gasteiger partial charge on any atom is 0.309 e. The summed E-state index contributed by atoms with van der Waals surface area (Å²) in [4.78, 5) is 29.6. The molecule has 2 aliphatic heterocycles. The number of carbonyl (C=O) groups excluding carboxylic acids is 2. The fourth-order valence-electron chi connectivity index (χ4n) is 4.83. The zero-order valence-electron chi connectivity index (χ0n) is 19.0. The van der Waals surface area contributed by atoms with E-state index in [2.05, 4.69) is 45.7 Å². The molecule has 1 saturated heterocycles. The zero-order valence-corrected chi connectivity index (χ0v) is 19.0. The van der Waals surface area contributed by atoms with Crippen LogP contribution in [0.15, 0.2) is 48.5 Å². The monoisotopic (exact) mass is 434 g/mol. The third-order valence-electron chi connectivity index (χ3n) is 6.63. The van der Waals surface area contributed by atoms with Crippen molar-refractivity contribution in [2.24, 2.45) is 0 Å². The number of benzene rings is 2. The first-order valence-electron chi connectivity index (χ1n) is 11.8. The summed E-state index contributed by atoms with van der Waals surface area (Å²) in [5.74, 6) is -1.15. The van der Waals surface area contributed by atoms with Gasteiger partial charge in [0, 0.05) is 32.4 Å². The van der Waals surface area contributed by atoms with E-state index in [0.29, 0.717) is 13.1 Å².